The number of furan rings is 1. The van der Waals surface area contributed by atoms with Gasteiger partial charge in [-0.15, -0.1) is 0 Å². The van der Waals surface area contributed by atoms with E-state index in [9.17, 15) is 4.79 Å². The van der Waals surface area contributed by atoms with Gasteiger partial charge in [0.25, 0.3) is 0 Å². The molecule has 0 fully saturated rings. The Kier molecular flexibility index (Phi) is 4.69. The van der Waals surface area contributed by atoms with Gasteiger partial charge in [-0.3, -0.25) is 4.68 Å². The highest BCUT2D eigenvalue weighted by Crippen LogP contribution is 2.29. The van der Waals surface area contributed by atoms with Crippen LogP contribution in [-0.4, -0.2) is 21.3 Å². The number of nitrogens with one attached hydrogen (secondary N) is 2. The Hall–Kier alpha value is -2.24. The van der Waals surface area contributed by atoms with Crippen LogP contribution in [0.25, 0.3) is 21.9 Å². The number of pyridine rings is 1. The van der Waals surface area contributed by atoms with Gasteiger partial charge in [-0.2, -0.15) is 0 Å². The van der Waals surface area contributed by atoms with Crippen LogP contribution in [0.15, 0.2) is 21.7 Å². The highest BCUT2D eigenvalue weighted by atomic mass is 16.4. The van der Waals surface area contributed by atoms with Crippen molar-refractivity contribution in [3.63, 3.8) is 0 Å². The molecule has 3 heterocycles. The van der Waals surface area contributed by atoms with Crippen molar-refractivity contribution in [2.45, 2.75) is 52.5 Å². The van der Waals surface area contributed by atoms with Gasteiger partial charge in [0.1, 0.15) is 17.2 Å². The van der Waals surface area contributed by atoms with Crippen molar-refractivity contribution in [1.82, 2.24) is 14.8 Å². The molecular formula is C17H24N4O2. The summed E-state index contributed by atoms with van der Waals surface area (Å²) in [6.45, 7) is 6.06. The quantitative estimate of drug-likeness (QED) is 0.618. The second-order valence-corrected chi connectivity index (χ2v) is 5.92. The van der Waals surface area contributed by atoms with Crippen molar-refractivity contribution in [2.24, 2.45) is 0 Å². The molecule has 0 spiro atoms. The van der Waals surface area contributed by atoms with Crippen LogP contribution < -0.4 is 10.9 Å². The Labute approximate surface area is 134 Å². The van der Waals surface area contributed by atoms with Gasteiger partial charge in [0, 0.05) is 19.3 Å². The molecule has 0 aromatic carbocycles. The molecule has 0 bridgehead atoms. The normalized spacial score (nSPS) is 11.6. The number of aromatic amines is 1. The van der Waals surface area contributed by atoms with Crippen LogP contribution in [0.3, 0.4) is 0 Å². The lowest BCUT2D eigenvalue weighted by Gasteiger charge is -2.09. The number of aryl methyl sites for hydroxylation is 1. The number of unbranched alkanes of at least 4 members (excludes halogenated alkanes) is 3. The summed E-state index contributed by atoms with van der Waals surface area (Å²) in [6, 6.07) is 0. The van der Waals surface area contributed by atoms with Gasteiger partial charge >= 0.3 is 5.63 Å². The fraction of sp³-hybridized carbons (Fsp3) is 0.529. The van der Waals surface area contributed by atoms with Crippen LogP contribution in [-0.2, 0) is 6.54 Å². The first-order valence-electron chi connectivity index (χ1n) is 8.49. The number of nitrogens with zero attached hydrogens (tertiary/aromatic N) is 2. The van der Waals surface area contributed by atoms with Crippen LogP contribution in [0.5, 0.6) is 0 Å². The fourth-order valence-electron chi connectivity index (χ4n) is 2.88. The van der Waals surface area contributed by atoms with Crippen molar-refractivity contribution in [1.29, 1.82) is 0 Å². The SMILES string of the molecule is CCCCCn1[nH]cc2c(NCCCC)c3c(=O)occ3nc21. The summed E-state index contributed by atoms with van der Waals surface area (Å²) in [4.78, 5) is 16.7. The number of H-pyrrole nitrogens is 1. The number of hydrogen-bond donors (Lipinski definition) is 2. The van der Waals surface area contributed by atoms with Gasteiger partial charge in [0.15, 0.2) is 5.65 Å². The number of fused-ring (bicyclic) bond motifs is 2. The zero-order chi connectivity index (χ0) is 16.2. The minimum atomic E-state index is -0.327. The summed E-state index contributed by atoms with van der Waals surface area (Å²) in [7, 11) is 0. The highest BCUT2D eigenvalue weighted by molar-refractivity contribution is 6.05. The van der Waals surface area contributed by atoms with Gasteiger partial charge in [-0.1, -0.05) is 33.1 Å². The van der Waals surface area contributed by atoms with E-state index in [1.165, 1.54) is 19.1 Å². The van der Waals surface area contributed by atoms with Crippen molar-refractivity contribution in [3.8, 4) is 0 Å². The second-order valence-electron chi connectivity index (χ2n) is 5.92. The summed E-state index contributed by atoms with van der Waals surface area (Å²) in [5.74, 6) is 0. The molecule has 6 heteroatoms. The third kappa shape index (κ3) is 2.98. The predicted octanol–water partition coefficient (Wildman–Crippen LogP) is 3.87. The summed E-state index contributed by atoms with van der Waals surface area (Å²) in [6.07, 6.45) is 9.01. The maximum Gasteiger partial charge on any atom is 0.347 e. The third-order valence-corrected chi connectivity index (χ3v) is 4.16. The van der Waals surface area contributed by atoms with Crippen molar-refractivity contribution < 1.29 is 4.42 Å². The first-order chi connectivity index (χ1) is 11.3. The Morgan fingerprint density at radius 3 is 2.87 bits per heavy atom. The lowest BCUT2D eigenvalue weighted by Crippen LogP contribution is -2.06. The smallest absolute Gasteiger partial charge is 0.347 e. The molecule has 0 aliphatic rings. The first kappa shape index (κ1) is 15.6. The van der Waals surface area contributed by atoms with E-state index in [4.69, 9.17) is 4.42 Å². The Balaban J connectivity index is 2.06. The molecule has 0 aliphatic heterocycles. The summed E-state index contributed by atoms with van der Waals surface area (Å²) < 4.78 is 7.11. The Morgan fingerprint density at radius 1 is 1.26 bits per heavy atom. The van der Waals surface area contributed by atoms with Gasteiger partial charge in [-0.05, 0) is 12.8 Å². The zero-order valence-corrected chi connectivity index (χ0v) is 13.8. The molecule has 23 heavy (non-hydrogen) atoms. The average molecular weight is 316 g/mol. The molecule has 3 aromatic rings. The maximum atomic E-state index is 12.0. The van der Waals surface area contributed by atoms with Crippen LogP contribution in [0.1, 0.15) is 46.0 Å². The highest BCUT2D eigenvalue weighted by Gasteiger charge is 2.17. The molecule has 0 aliphatic carbocycles. The van der Waals surface area contributed by atoms with E-state index in [1.54, 1.807) is 0 Å². The minimum Gasteiger partial charge on any atom is -0.428 e. The van der Waals surface area contributed by atoms with Crippen LogP contribution in [0.4, 0.5) is 5.69 Å². The molecule has 0 saturated carbocycles. The van der Waals surface area contributed by atoms with Gasteiger partial charge in [0.2, 0.25) is 0 Å². The molecule has 6 nitrogen and oxygen atoms in total. The number of anilines is 1. The standard InChI is InChI=1S/C17H24N4O2/c1-3-5-7-9-21-16-12(10-19-21)15(18-8-6-4-2)14-13(20-16)11-23-17(14)22/h10-11,18-19H,3-9H2,1-2H3. The molecule has 0 saturated heterocycles. The fourth-order valence-corrected chi connectivity index (χ4v) is 2.88. The van der Waals surface area contributed by atoms with Gasteiger partial charge in [-0.25, -0.2) is 9.78 Å². The zero-order valence-electron chi connectivity index (χ0n) is 13.8. The largest absolute Gasteiger partial charge is 0.428 e. The molecule has 3 aromatic heterocycles. The minimum absolute atomic E-state index is 0.327. The Bertz CT molecular complexity index is 843. The van der Waals surface area contributed by atoms with Gasteiger partial charge in [0.05, 0.1) is 11.1 Å². The molecule has 0 unspecified atom stereocenters. The van der Waals surface area contributed by atoms with E-state index in [0.29, 0.717) is 10.9 Å². The van der Waals surface area contributed by atoms with E-state index in [1.807, 2.05) is 10.9 Å². The molecule has 2 N–H and O–H groups in total. The van der Waals surface area contributed by atoms with E-state index in [0.717, 1.165) is 49.1 Å². The van der Waals surface area contributed by atoms with Crippen LogP contribution >= 0.6 is 0 Å². The van der Waals surface area contributed by atoms with Gasteiger partial charge < -0.3 is 14.8 Å². The third-order valence-electron chi connectivity index (χ3n) is 4.16. The lowest BCUT2D eigenvalue weighted by atomic mass is 10.2. The first-order valence-corrected chi connectivity index (χ1v) is 8.49. The van der Waals surface area contributed by atoms with Crippen LogP contribution in [0, 0.1) is 0 Å². The van der Waals surface area contributed by atoms with E-state index in [-0.39, 0.29) is 5.63 Å². The number of hydrogen-bond acceptors (Lipinski definition) is 4. The molecule has 124 valence electrons. The lowest BCUT2D eigenvalue weighted by molar-refractivity contribution is 0.534. The van der Waals surface area contributed by atoms with Crippen molar-refractivity contribution in [2.75, 3.05) is 11.9 Å². The van der Waals surface area contributed by atoms with E-state index in [2.05, 4.69) is 29.2 Å². The average Bonchev–Trinajstić information content (AvgIpc) is 3.12. The van der Waals surface area contributed by atoms with E-state index >= 15 is 0 Å². The van der Waals surface area contributed by atoms with Crippen molar-refractivity contribution >= 4 is 27.6 Å². The monoisotopic (exact) mass is 316 g/mol. The molecule has 0 radical (unpaired) electrons. The molecule has 3 rings (SSSR count). The number of rotatable bonds is 8. The van der Waals surface area contributed by atoms with Crippen LogP contribution in [0.2, 0.25) is 0 Å². The molecular weight excluding hydrogens is 292 g/mol. The second kappa shape index (κ2) is 6.89. The predicted molar refractivity (Wildman–Crippen MR) is 93.0 cm³/mol. The van der Waals surface area contributed by atoms with E-state index < -0.39 is 0 Å². The summed E-state index contributed by atoms with van der Waals surface area (Å²) >= 11 is 0. The number of aromatic nitrogens is 3. The van der Waals surface area contributed by atoms with Crippen molar-refractivity contribution in [3.05, 3.63) is 22.9 Å². The topological polar surface area (TPSA) is 75.8 Å². The molecule has 0 amide bonds. The molecule has 0 atom stereocenters. The Morgan fingerprint density at radius 2 is 2.09 bits per heavy atom. The summed E-state index contributed by atoms with van der Waals surface area (Å²) in [5, 5.41) is 8.17. The summed E-state index contributed by atoms with van der Waals surface area (Å²) in [5.41, 5.74) is 1.99. The maximum absolute atomic E-state index is 12.0.